The maximum absolute atomic E-state index is 13.1. The summed E-state index contributed by atoms with van der Waals surface area (Å²) in [6.07, 6.45) is 0.292. The van der Waals surface area contributed by atoms with Crippen LogP contribution in [0.1, 0.15) is 40.2 Å². The van der Waals surface area contributed by atoms with Gasteiger partial charge in [-0.25, -0.2) is 4.79 Å². The average Bonchev–Trinajstić information content (AvgIpc) is 3.18. The van der Waals surface area contributed by atoms with Crippen LogP contribution in [0.4, 0.5) is 4.79 Å². The molecule has 8 heteroatoms. The van der Waals surface area contributed by atoms with E-state index in [9.17, 15) is 14.4 Å². The quantitative estimate of drug-likeness (QED) is 0.657. The summed E-state index contributed by atoms with van der Waals surface area (Å²) in [7, 11) is 0. The third-order valence-electron chi connectivity index (χ3n) is 5.16. The van der Waals surface area contributed by atoms with Crippen molar-refractivity contribution >= 4 is 17.8 Å². The fraction of sp³-hybridized carbons (Fsp3) is 0.591. The van der Waals surface area contributed by atoms with Crippen LogP contribution in [0.3, 0.4) is 0 Å². The Morgan fingerprint density at radius 3 is 2.40 bits per heavy atom. The highest BCUT2D eigenvalue weighted by Crippen LogP contribution is 2.34. The lowest BCUT2D eigenvalue weighted by molar-refractivity contribution is -0.139. The summed E-state index contributed by atoms with van der Waals surface area (Å²) in [4.78, 5) is 41.3. The summed E-state index contributed by atoms with van der Waals surface area (Å²) in [5.41, 5.74) is -0.281. The molecule has 3 rings (SSSR count). The van der Waals surface area contributed by atoms with Crippen molar-refractivity contribution in [3.05, 3.63) is 23.8 Å². The SMILES string of the molecule is CC(C)CN(CC(C)C)C(=O)CN1C(=O)N[C@@](C)(Cc2ccc3c(c2)OCO3)C1=O. The molecule has 4 amide bonds. The van der Waals surface area contributed by atoms with Crippen LogP contribution in [-0.4, -0.2) is 59.6 Å². The number of amides is 4. The molecular formula is C22H31N3O5. The topological polar surface area (TPSA) is 88.2 Å². The maximum Gasteiger partial charge on any atom is 0.325 e. The van der Waals surface area contributed by atoms with E-state index in [2.05, 4.69) is 5.32 Å². The van der Waals surface area contributed by atoms with Gasteiger partial charge in [0.15, 0.2) is 11.5 Å². The Balaban J connectivity index is 1.70. The molecule has 0 radical (unpaired) electrons. The molecule has 2 heterocycles. The van der Waals surface area contributed by atoms with Crippen molar-refractivity contribution in [1.82, 2.24) is 15.1 Å². The molecule has 1 aromatic carbocycles. The highest BCUT2D eigenvalue weighted by Gasteiger charge is 2.48. The minimum atomic E-state index is -1.12. The number of hydrogen-bond donors (Lipinski definition) is 1. The van der Waals surface area contributed by atoms with E-state index in [0.717, 1.165) is 10.5 Å². The summed E-state index contributed by atoms with van der Waals surface area (Å²) >= 11 is 0. The lowest BCUT2D eigenvalue weighted by atomic mass is 9.92. The van der Waals surface area contributed by atoms with E-state index >= 15 is 0 Å². The maximum atomic E-state index is 13.1. The fourth-order valence-corrected chi connectivity index (χ4v) is 3.86. The second-order valence-corrected chi connectivity index (χ2v) is 9.10. The number of hydrogen-bond acceptors (Lipinski definition) is 5. The molecule has 1 saturated heterocycles. The number of carbonyl (C=O) groups excluding carboxylic acids is 3. The highest BCUT2D eigenvalue weighted by atomic mass is 16.7. The molecule has 30 heavy (non-hydrogen) atoms. The Kier molecular flexibility index (Phi) is 6.24. The summed E-state index contributed by atoms with van der Waals surface area (Å²) in [6, 6.07) is 4.91. The first-order chi connectivity index (χ1) is 14.1. The van der Waals surface area contributed by atoms with Crippen LogP contribution in [0.5, 0.6) is 11.5 Å². The molecule has 1 fully saturated rings. The van der Waals surface area contributed by atoms with Gasteiger partial charge >= 0.3 is 6.03 Å². The highest BCUT2D eigenvalue weighted by molar-refractivity contribution is 6.09. The van der Waals surface area contributed by atoms with Gasteiger partial charge in [-0.15, -0.1) is 0 Å². The van der Waals surface area contributed by atoms with E-state index in [1.54, 1.807) is 17.9 Å². The van der Waals surface area contributed by atoms with Gasteiger partial charge < -0.3 is 19.7 Å². The third kappa shape index (κ3) is 4.68. The second-order valence-electron chi connectivity index (χ2n) is 9.10. The number of carbonyl (C=O) groups is 3. The lowest BCUT2D eigenvalue weighted by Crippen LogP contribution is -2.48. The van der Waals surface area contributed by atoms with E-state index in [1.807, 2.05) is 39.8 Å². The van der Waals surface area contributed by atoms with Crippen LogP contribution in [0.25, 0.3) is 0 Å². The zero-order valence-corrected chi connectivity index (χ0v) is 18.4. The van der Waals surface area contributed by atoms with Gasteiger partial charge in [-0.3, -0.25) is 14.5 Å². The number of nitrogens with zero attached hydrogens (tertiary/aromatic N) is 2. The second kappa shape index (κ2) is 8.53. The molecule has 1 N–H and O–H groups in total. The van der Waals surface area contributed by atoms with Crippen molar-refractivity contribution in [3.63, 3.8) is 0 Å². The van der Waals surface area contributed by atoms with Crippen LogP contribution in [-0.2, 0) is 16.0 Å². The van der Waals surface area contributed by atoms with Gasteiger partial charge in [0.1, 0.15) is 12.1 Å². The minimum Gasteiger partial charge on any atom is -0.454 e. The van der Waals surface area contributed by atoms with Gasteiger partial charge in [0.05, 0.1) is 0 Å². The normalized spacial score (nSPS) is 20.3. The molecule has 0 aliphatic carbocycles. The number of rotatable bonds is 8. The van der Waals surface area contributed by atoms with Crippen molar-refractivity contribution < 1.29 is 23.9 Å². The van der Waals surface area contributed by atoms with Crippen molar-refractivity contribution in [1.29, 1.82) is 0 Å². The Morgan fingerprint density at radius 2 is 1.77 bits per heavy atom. The fourth-order valence-electron chi connectivity index (χ4n) is 3.86. The monoisotopic (exact) mass is 417 g/mol. The Bertz CT molecular complexity index is 828. The molecule has 1 atom stereocenters. The standard InChI is InChI=1S/C22H31N3O5/c1-14(2)10-24(11-15(3)4)19(26)12-25-20(27)22(5,23-21(25)28)9-16-6-7-17-18(8-16)30-13-29-17/h6-8,14-15H,9-13H2,1-5H3,(H,23,28)/t22-/m0/s1. The molecule has 0 aromatic heterocycles. The van der Waals surface area contributed by atoms with Gasteiger partial charge in [-0.2, -0.15) is 0 Å². The molecule has 2 aliphatic heterocycles. The van der Waals surface area contributed by atoms with Gasteiger partial charge in [-0.05, 0) is 36.5 Å². The van der Waals surface area contributed by atoms with E-state index < -0.39 is 17.5 Å². The van der Waals surface area contributed by atoms with Crippen LogP contribution in [0.2, 0.25) is 0 Å². The Hall–Kier alpha value is -2.77. The van der Waals surface area contributed by atoms with Crippen LogP contribution < -0.4 is 14.8 Å². The lowest BCUT2D eigenvalue weighted by Gasteiger charge is -2.28. The van der Waals surface area contributed by atoms with E-state index in [0.29, 0.717) is 42.8 Å². The van der Waals surface area contributed by atoms with Crippen LogP contribution >= 0.6 is 0 Å². The van der Waals surface area contributed by atoms with Gasteiger partial charge in [-0.1, -0.05) is 33.8 Å². The number of ether oxygens (including phenoxy) is 2. The molecule has 0 bridgehead atoms. The van der Waals surface area contributed by atoms with Crippen molar-refractivity contribution in [2.75, 3.05) is 26.4 Å². The van der Waals surface area contributed by atoms with Crippen LogP contribution in [0.15, 0.2) is 18.2 Å². The molecular weight excluding hydrogens is 386 g/mol. The summed E-state index contributed by atoms with van der Waals surface area (Å²) in [6.45, 7) is 10.9. The van der Waals surface area contributed by atoms with Gasteiger partial charge in [0.25, 0.3) is 5.91 Å². The van der Waals surface area contributed by atoms with Crippen LogP contribution in [0, 0.1) is 11.8 Å². The number of benzene rings is 1. The Labute approximate surface area is 177 Å². The van der Waals surface area contributed by atoms with Crippen molar-refractivity contribution in [2.45, 2.75) is 46.6 Å². The van der Waals surface area contributed by atoms with E-state index in [-0.39, 0.29) is 19.2 Å². The van der Waals surface area contributed by atoms with E-state index in [4.69, 9.17) is 9.47 Å². The molecule has 1 aromatic rings. The molecule has 0 unspecified atom stereocenters. The zero-order valence-electron chi connectivity index (χ0n) is 18.4. The first kappa shape index (κ1) is 21.9. The predicted octanol–water partition coefficient (Wildman–Crippen LogP) is 2.41. The average molecular weight is 418 g/mol. The van der Waals surface area contributed by atoms with Crippen molar-refractivity contribution in [3.8, 4) is 11.5 Å². The largest absolute Gasteiger partial charge is 0.454 e. The zero-order chi connectivity index (χ0) is 22.1. The number of imide groups is 1. The molecule has 164 valence electrons. The summed E-state index contributed by atoms with van der Waals surface area (Å²) < 4.78 is 10.7. The Morgan fingerprint density at radius 1 is 1.13 bits per heavy atom. The van der Waals surface area contributed by atoms with Gasteiger partial charge in [0, 0.05) is 19.5 Å². The number of urea groups is 1. The molecule has 8 nitrogen and oxygen atoms in total. The smallest absolute Gasteiger partial charge is 0.325 e. The van der Waals surface area contributed by atoms with Gasteiger partial charge in [0.2, 0.25) is 12.7 Å². The third-order valence-corrected chi connectivity index (χ3v) is 5.16. The molecule has 0 saturated carbocycles. The number of nitrogens with one attached hydrogen (secondary N) is 1. The summed E-state index contributed by atoms with van der Waals surface area (Å²) in [5.74, 6) is 1.27. The van der Waals surface area contributed by atoms with E-state index in [1.165, 1.54) is 0 Å². The molecule has 2 aliphatic rings. The number of fused-ring (bicyclic) bond motifs is 1. The van der Waals surface area contributed by atoms with Crippen molar-refractivity contribution in [2.24, 2.45) is 11.8 Å². The summed E-state index contributed by atoms with van der Waals surface area (Å²) in [5, 5.41) is 2.77. The first-order valence-corrected chi connectivity index (χ1v) is 10.4. The molecule has 0 spiro atoms. The predicted molar refractivity (Wildman–Crippen MR) is 111 cm³/mol. The minimum absolute atomic E-state index is 0.171. The first-order valence-electron chi connectivity index (χ1n) is 10.4.